The molecule has 18 heavy (non-hydrogen) atoms. The molecule has 1 aromatic rings. The molecule has 7 nitrogen and oxygen atoms in total. The van der Waals surface area contributed by atoms with Crippen molar-refractivity contribution < 1.29 is 9.26 Å². The molecule has 0 spiro atoms. The first kappa shape index (κ1) is 14.5. The molecule has 0 aliphatic rings. The molecule has 0 aliphatic heterocycles. The molecule has 0 aromatic carbocycles. The van der Waals surface area contributed by atoms with Gasteiger partial charge in [0.2, 0.25) is 5.96 Å². The van der Waals surface area contributed by atoms with Gasteiger partial charge in [-0.3, -0.25) is 5.43 Å². The van der Waals surface area contributed by atoms with Crippen molar-refractivity contribution in [1.29, 1.82) is 0 Å². The number of nitrogens with one attached hydrogen (secondary N) is 2. The lowest BCUT2D eigenvalue weighted by Gasteiger charge is -2.08. The Balaban J connectivity index is 2.27. The molecule has 0 amide bonds. The zero-order chi connectivity index (χ0) is 13.2. The second-order valence-electron chi connectivity index (χ2n) is 3.72. The van der Waals surface area contributed by atoms with E-state index in [2.05, 4.69) is 20.9 Å². The lowest BCUT2D eigenvalue weighted by atomic mass is 10.4. The maximum absolute atomic E-state index is 5.36. The van der Waals surface area contributed by atoms with Crippen LogP contribution in [0.3, 0.4) is 0 Å². The first-order valence-corrected chi connectivity index (χ1v) is 6.01. The highest BCUT2D eigenvalue weighted by atomic mass is 16.5. The number of hydrazine groups is 1. The van der Waals surface area contributed by atoms with Crippen molar-refractivity contribution in [1.82, 2.24) is 15.9 Å². The number of hydrogen-bond acceptors (Lipinski definition) is 5. The van der Waals surface area contributed by atoms with Crippen molar-refractivity contribution in [3.8, 4) is 0 Å². The molecule has 0 saturated heterocycles. The summed E-state index contributed by atoms with van der Waals surface area (Å²) in [6, 6.07) is 1.84. The number of rotatable bonds is 7. The molecule has 0 atom stereocenters. The van der Waals surface area contributed by atoms with Gasteiger partial charge in [0.15, 0.2) is 0 Å². The zero-order valence-corrected chi connectivity index (χ0v) is 10.9. The Kier molecular flexibility index (Phi) is 6.82. The number of nitrogens with two attached hydrogens (primary N) is 1. The van der Waals surface area contributed by atoms with E-state index >= 15 is 0 Å². The van der Waals surface area contributed by atoms with Crippen LogP contribution in [-0.4, -0.2) is 30.9 Å². The van der Waals surface area contributed by atoms with Gasteiger partial charge in [0.25, 0.3) is 0 Å². The highest BCUT2D eigenvalue weighted by Crippen LogP contribution is 2.02. The van der Waals surface area contributed by atoms with Gasteiger partial charge in [-0.15, -0.1) is 0 Å². The van der Waals surface area contributed by atoms with Gasteiger partial charge in [0.1, 0.15) is 11.5 Å². The van der Waals surface area contributed by atoms with E-state index in [4.69, 9.17) is 15.1 Å². The third-order valence-electron chi connectivity index (χ3n) is 2.17. The fraction of sp³-hybridized carbons (Fsp3) is 0.636. The van der Waals surface area contributed by atoms with Crippen LogP contribution in [0.2, 0.25) is 0 Å². The molecule has 0 aliphatic carbocycles. The number of aromatic nitrogens is 1. The Hall–Kier alpha value is -1.60. The first-order chi connectivity index (χ1) is 8.76. The molecule has 1 rings (SSSR count). The number of aryl methyl sites for hydroxylation is 1. The molecule has 1 heterocycles. The van der Waals surface area contributed by atoms with E-state index in [9.17, 15) is 0 Å². The van der Waals surface area contributed by atoms with Gasteiger partial charge < -0.3 is 14.6 Å². The van der Waals surface area contributed by atoms with Crippen LogP contribution in [0.1, 0.15) is 24.8 Å². The first-order valence-electron chi connectivity index (χ1n) is 6.01. The van der Waals surface area contributed by atoms with E-state index in [1.165, 1.54) is 0 Å². The zero-order valence-electron chi connectivity index (χ0n) is 10.9. The van der Waals surface area contributed by atoms with Gasteiger partial charge in [-0.2, -0.15) is 0 Å². The highest BCUT2D eigenvalue weighted by Gasteiger charge is 2.00. The highest BCUT2D eigenvalue weighted by molar-refractivity contribution is 5.79. The van der Waals surface area contributed by atoms with E-state index in [0.29, 0.717) is 12.5 Å². The van der Waals surface area contributed by atoms with E-state index in [1.54, 1.807) is 0 Å². The maximum atomic E-state index is 5.36. The van der Waals surface area contributed by atoms with Crippen LogP contribution in [0.4, 0.5) is 0 Å². The SMILES string of the molecule is CCOCCCNC(=NCc1cc(C)on1)NN. The molecule has 0 bridgehead atoms. The van der Waals surface area contributed by atoms with E-state index in [1.807, 2.05) is 19.9 Å². The third kappa shape index (κ3) is 5.65. The molecular weight excluding hydrogens is 234 g/mol. The average Bonchev–Trinajstić information content (AvgIpc) is 2.78. The normalized spacial score (nSPS) is 11.6. The van der Waals surface area contributed by atoms with Crippen molar-refractivity contribution >= 4 is 5.96 Å². The average molecular weight is 255 g/mol. The summed E-state index contributed by atoms with van der Waals surface area (Å²) in [5.41, 5.74) is 3.28. The molecule has 1 aromatic heterocycles. The van der Waals surface area contributed by atoms with Crippen molar-refractivity contribution in [2.45, 2.75) is 26.8 Å². The van der Waals surface area contributed by atoms with E-state index in [-0.39, 0.29) is 0 Å². The summed E-state index contributed by atoms with van der Waals surface area (Å²) >= 11 is 0. The number of aliphatic imine (C=N–C) groups is 1. The van der Waals surface area contributed by atoms with Crippen molar-refractivity contribution in [2.24, 2.45) is 10.8 Å². The molecule has 102 valence electrons. The standard InChI is InChI=1S/C11H21N5O2/c1-3-17-6-4-5-13-11(15-12)14-8-10-7-9(2)18-16-10/h7H,3-6,8,12H2,1-2H3,(H2,13,14,15). The Morgan fingerprint density at radius 2 is 2.44 bits per heavy atom. The minimum absolute atomic E-state index is 0.426. The van der Waals surface area contributed by atoms with Crippen molar-refractivity contribution in [2.75, 3.05) is 19.8 Å². The van der Waals surface area contributed by atoms with Crippen LogP contribution in [0, 0.1) is 6.92 Å². The quantitative estimate of drug-likeness (QED) is 0.213. The smallest absolute Gasteiger partial charge is 0.206 e. The van der Waals surface area contributed by atoms with Gasteiger partial charge in [0.05, 0.1) is 6.54 Å². The summed E-state index contributed by atoms with van der Waals surface area (Å²) in [5.74, 6) is 6.67. The molecule has 0 unspecified atom stereocenters. The summed E-state index contributed by atoms with van der Waals surface area (Å²) in [5, 5.41) is 6.93. The Morgan fingerprint density at radius 3 is 3.06 bits per heavy atom. The largest absolute Gasteiger partial charge is 0.382 e. The number of guanidine groups is 1. The van der Waals surface area contributed by atoms with Crippen LogP contribution < -0.4 is 16.6 Å². The van der Waals surface area contributed by atoms with Gasteiger partial charge in [-0.05, 0) is 20.3 Å². The second kappa shape index (κ2) is 8.48. The second-order valence-corrected chi connectivity index (χ2v) is 3.72. The molecular formula is C11H21N5O2. The maximum Gasteiger partial charge on any atom is 0.206 e. The molecule has 0 radical (unpaired) electrons. The molecule has 4 N–H and O–H groups in total. The van der Waals surface area contributed by atoms with Gasteiger partial charge in [-0.1, -0.05) is 5.16 Å². The fourth-order valence-corrected chi connectivity index (χ4v) is 1.33. The number of hydrogen-bond donors (Lipinski definition) is 3. The Bertz CT molecular complexity index is 364. The van der Waals surface area contributed by atoms with Crippen molar-refractivity contribution in [3.63, 3.8) is 0 Å². The van der Waals surface area contributed by atoms with Crippen LogP contribution in [0.25, 0.3) is 0 Å². The summed E-state index contributed by atoms with van der Waals surface area (Å²) < 4.78 is 10.2. The van der Waals surface area contributed by atoms with Crippen molar-refractivity contribution in [3.05, 3.63) is 17.5 Å². The summed E-state index contributed by atoms with van der Waals surface area (Å²) in [4.78, 5) is 4.25. The Morgan fingerprint density at radius 1 is 1.61 bits per heavy atom. The summed E-state index contributed by atoms with van der Waals surface area (Å²) in [6.45, 7) is 6.46. The lowest BCUT2D eigenvalue weighted by molar-refractivity contribution is 0.145. The molecule has 0 fully saturated rings. The fourth-order valence-electron chi connectivity index (χ4n) is 1.33. The van der Waals surface area contributed by atoms with Crippen LogP contribution in [0.5, 0.6) is 0 Å². The molecule has 0 saturated carbocycles. The topological polar surface area (TPSA) is 97.7 Å². The predicted molar refractivity (Wildman–Crippen MR) is 68.8 cm³/mol. The van der Waals surface area contributed by atoms with Gasteiger partial charge in [0, 0.05) is 25.8 Å². The lowest BCUT2D eigenvalue weighted by Crippen LogP contribution is -2.42. The Labute approximate surface area is 107 Å². The third-order valence-corrected chi connectivity index (χ3v) is 2.17. The minimum atomic E-state index is 0.426. The minimum Gasteiger partial charge on any atom is -0.382 e. The predicted octanol–water partition coefficient (Wildman–Crippen LogP) is 0.319. The summed E-state index contributed by atoms with van der Waals surface area (Å²) in [6.07, 6.45) is 0.900. The van der Waals surface area contributed by atoms with E-state index in [0.717, 1.165) is 37.6 Å². The van der Waals surface area contributed by atoms with Crippen LogP contribution in [-0.2, 0) is 11.3 Å². The summed E-state index contributed by atoms with van der Waals surface area (Å²) in [7, 11) is 0. The van der Waals surface area contributed by atoms with Gasteiger partial charge >= 0.3 is 0 Å². The van der Waals surface area contributed by atoms with Gasteiger partial charge in [-0.25, -0.2) is 10.8 Å². The molecule has 7 heteroatoms. The van der Waals surface area contributed by atoms with E-state index < -0.39 is 0 Å². The number of ether oxygens (including phenoxy) is 1. The number of nitrogens with zero attached hydrogens (tertiary/aromatic N) is 2. The van der Waals surface area contributed by atoms with Crippen LogP contribution >= 0.6 is 0 Å². The van der Waals surface area contributed by atoms with Crippen LogP contribution in [0.15, 0.2) is 15.6 Å². The monoisotopic (exact) mass is 255 g/mol.